The second kappa shape index (κ2) is 5.10. The Kier molecular flexibility index (Phi) is 3.77. The number of nitrogens with zero attached hydrogens (tertiary/aromatic N) is 1. The number of nitriles is 1. The number of rotatable bonds is 4. The summed E-state index contributed by atoms with van der Waals surface area (Å²) in [6, 6.07) is 7.46. The molecule has 0 saturated carbocycles. The van der Waals surface area contributed by atoms with E-state index in [9.17, 15) is 0 Å². The second-order valence-electron chi connectivity index (χ2n) is 2.90. The molecule has 1 rings (SSSR count). The molecular weight excluding hydrogens is 178 g/mol. The Morgan fingerprint density at radius 2 is 2.29 bits per heavy atom. The monoisotopic (exact) mass is 191 g/mol. The van der Waals surface area contributed by atoms with E-state index in [4.69, 9.17) is 16.1 Å². The minimum atomic E-state index is 0.0813. The van der Waals surface area contributed by atoms with Gasteiger partial charge < -0.3 is 16.2 Å². The average Bonchev–Trinajstić information content (AvgIpc) is 2.19. The van der Waals surface area contributed by atoms with Gasteiger partial charge in [-0.25, -0.2) is 0 Å². The fraction of sp³-hybridized carbons (Fsp3) is 0.300. The van der Waals surface area contributed by atoms with Crippen LogP contribution in [0.4, 0.5) is 11.4 Å². The summed E-state index contributed by atoms with van der Waals surface area (Å²) < 4.78 is 0. The predicted molar refractivity (Wildman–Crippen MR) is 55.7 cm³/mol. The lowest BCUT2D eigenvalue weighted by Crippen LogP contribution is -2.06. The number of benzene rings is 1. The summed E-state index contributed by atoms with van der Waals surface area (Å²) >= 11 is 0. The lowest BCUT2D eigenvalue weighted by Gasteiger charge is -2.07. The highest BCUT2D eigenvalue weighted by Crippen LogP contribution is 2.17. The van der Waals surface area contributed by atoms with Crippen LogP contribution in [0.1, 0.15) is 5.56 Å². The Hall–Kier alpha value is -1.73. The Bertz CT molecular complexity index is 344. The molecule has 74 valence electrons. The normalized spacial score (nSPS) is 9.43. The molecule has 4 heteroatoms. The molecule has 0 aliphatic heterocycles. The first-order valence-corrected chi connectivity index (χ1v) is 4.38. The number of nitrogen functional groups attached to an aromatic ring is 1. The van der Waals surface area contributed by atoms with Crippen LogP contribution >= 0.6 is 0 Å². The van der Waals surface area contributed by atoms with Gasteiger partial charge in [0.25, 0.3) is 0 Å². The van der Waals surface area contributed by atoms with Crippen molar-refractivity contribution < 1.29 is 5.11 Å². The van der Waals surface area contributed by atoms with Crippen molar-refractivity contribution in [1.29, 1.82) is 5.26 Å². The summed E-state index contributed by atoms with van der Waals surface area (Å²) in [6.07, 6.45) is 0.306. The van der Waals surface area contributed by atoms with Crippen molar-refractivity contribution in [1.82, 2.24) is 0 Å². The van der Waals surface area contributed by atoms with Gasteiger partial charge in [0.15, 0.2) is 0 Å². The van der Waals surface area contributed by atoms with Gasteiger partial charge in [-0.3, -0.25) is 0 Å². The fourth-order valence-electron chi connectivity index (χ4n) is 1.15. The van der Waals surface area contributed by atoms with Crippen molar-refractivity contribution in [2.45, 2.75) is 6.42 Å². The van der Waals surface area contributed by atoms with Gasteiger partial charge in [-0.1, -0.05) is 0 Å². The van der Waals surface area contributed by atoms with Gasteiger partial charge in [-0.2, -0.15) is 5.26 Å². The SMILES string of the molecule is N#CCc1cc(NCCO)ccc1N. The maximum Gasteiger partial charge on any atom is 0.0670 e. The molecule has 1 aromatic carbocycles. The number of hydrogen-bond acceptors (Lipinski definition) is 4. The van der Waals surface area contributed by atoms with Crippen LogP contribution in [0.5, 0.6) is 0 Å². The third-order valence-electron chi connectivity index (χ3n) is 1.85. The van der Waals surface area contributed by atoms with Crippen LogP contribution in [0.25, 0.3) is 0 Å². The van der Waals surface area contributed by atoms with Crippen LogP contribution < -0.4 is 11.1 Å². The summed E-state index contributed by atoms with van der Waals surface area (Å²) in [7, 11) is 0. The van der Waals surface area contributed by atoms with Gasteiger partial charge in [0.2, 0.25) is 0 Å². The van der Waals surface area contributed by atoms with Crippen molar-refractivity contribution in [2.24, 2.45) is 0 Å². The number of nitrogens with two attached hydrogens (primary N) is 1. The molecule has 4 nitrogen and oxygen atoms in total. The molecule has 1 aromatic rings. The van der Waals surface area contributed by atoms with Crippen LogP contribution in [-0.2, 0) is 6.42 Å². The smallest absolute Gasteiger partial charge is 0.0670 e. The number of anilines is 2. The average molecular weight is 191 g/mol. The zero-order valence-electron chi connectivity index (χ0n) is 7.83. The zero-order chi connectivity index (χ0) is 10.4. The summed E-state index contributed by atoms with van der Waals surface area (Å²) in [5.74, 6) is 0. The van der Waals surface area contributed by atoms with E-state index in [1.807, 2.05) is 12.1 Å². The molecule has 0 amide bonds. The Morgan fingerprint density at radius 3 is 2.93 bits per heavy atom. The Morgan fingerprint density at radius 1 is 1.50 bits per heavy atom. The largest absolute Gasteiger partial charge is 0.398 e. The number of hydrogen-bond donors (Lipinski definition) is 3. The van der Waals surface area contributed by atoms with Crippen molar-refractivity contribution in [3.8, 4) is 6.07 Å². The van der Waals surface area contributed by atoms with E-state index >= 15 is 0 Å². The van der Waals surface area contributed by atoms with Crippen molar-refractivity contribution >= 4 is 11.4 Å². The number of aliphatic hydroxyl groups is 1. The maximum atomic E-state index is 8.62. The van der Waals surface area contributed by atoms with Crippen molar-refractivity contribution in [3.63, 3.8) is 0 Å². The molecule has 4 N–H and O–H groups in total. The second-order valence-corrected chi connectivity index (χ2v) is 2.90. The van der Waals surface area contributed by atoms with E-state index in [2.05, 4.69) is 11.4 Å². The zero-order valence-corrected chi connectivity index (χ0v) is 7.83. The van der Waals surface area contributed by atoms with E-state index < -0.39 is 0 Å². The maximum absolute atomic E-state index is 8.62. The molecule has 0 unspecified atom stereocenters. The molecule has 0 fully saturated rings. The molecule has 0 spiro atoms. The first-order valence-electron chi connectivity index (χ1n) is 4.38. The molecule has 0 aliphatic rings. The minimum absolute atomic E-state index is 0.0813. The molecule has 0 aromatic heterocycles. The van der Waals surface area contributed by atoms with Gasteiger partial charge in [-0.05, 0) is 23.8 Å². The van der Waals surface area contributed by atoms with E-state index in [0.29, 0.717) is 18.7 Å². The third kappa shape index (κ3) is 2.64. The summed E-state index contributed by atoms with van der Waals surface area (Å²) in [4.78, 5) is 0. The van der Waals surface area contributed by atoms with E-state index in [0.717, 1.165) is 11.3 Å². The topological polar surface area (TPSA) is 82.1 Å². The number of aliphatic hydroxyl groups excluding tert-OH is 1. The number of nitrogens with one attached hydrogen (secondary N) is 1. The van der Waals surface area contributed by atoms with Crippen molar-refractivity contribution in [2.75, 3.05) is 24.2 Å². The molecule has 0 atom stereocenters. The minimum Gasteiger partial charge on any atom is -0.398 e. The van der Waals surface area contributed by atoms with Gasteiger partial charge in [0.05, 0.1) is 19.1 Å². The standard InChI is InChI=1S/C10H13N3O/c11-4-3-8-7-9(13-5-6-14)1-2-10(8)12/h1-2,7,13-14H,3,5-6,12H2. The van der Waals surface area contributed by atoms with Crippen LogP contribution in [-0.4, -0.2) is 18.3 Å². The predicted octanol–water partition coefficient (Wildman–Crippen LogP) is 0.739. The van der Waals surface area contributed by atoms with Gasteiger partial charge in [-0.15, -0.1) is 0 Å². The van der Waals surface area contributed by atoms with E-state index in [1.54, 1.807) is 6.07 Å². The van der Waals surface area contributed by atoms with Gasteiger partial charge in [0, 0.05) is 17.9 Å². The van der Waals surface area contributed by atoms with Crippen LogP contribution in [0.2, 0.25) is 0 Å². The van der Waals surface area contributed by atoms with Gasteiger partial charge >= 0.3 is 0 Å². The molecular formula is C10H13N3O. The molecule has 0 saturated heterocycles. The highest BCUT2D eigenvalue weighted by Gasteiger charge is 1.99. The molecule has 0 aliphatic carbocycles. The lowest BCUT2D eigenvalue weighted by atomic mass is 10.1. The van der Waals surface area contributed by atoms with Crippen LogP contribution in [0, 0.1) is 11.3 Å². The first-order chi connectivity index (χ1) is 6.77. The molecule has 0 heterocycles. The fourth-order valence-corrected chi connectivity index (χ4v) is 1.15. The van der Waals surface area contributed by atoms with E-state index in [1.165, 1.54) is 0 Å². The summed E-state index contributed by atoms with van der Waals surface area (Å²) in [5, 5.41) is 20.2. The van der Waals surface area contributed by atoms with Gasteiger partial charge in [0.1, 0.15) is 0 Å². The third-order valence-corrected chi connectivity index (χ3v) is 1.85. The summed E-state index contributed by atoms with van der Waals surface area (Å²) in [5.41, 5.74) is 7.99. The Balaban J connectivity index is 2.79. The van der Waals surface area contributed by atoms with Crippen molar-refractivity contribution in [3.05, 3.63) is 23.8 Å². The lowest BCUT2D eigenvalue weighted by molar-refractivity contribution is 0.311. The van der Waals surface area contributed by atoms with E-state index in [-0.39, 0.29) is 6.61 Å². The quantitative estimate of drug-likeness (QED) is 0.613. The highest BCUT2D eigenvalue weighted by molar-refractivity contribution is 5.57. The highest BCUT2D eigenvalue weighted by atomic mass is 16.3. The summed E-state index contributed by atoms with van der Waals surface area (Å²) in [6.45, 7) is 0.577. The molecule has 0 radical (unpaired) electrons. The molecule has 14 heavy (non-hydrogen) atoms. The first kappa shape index (κ1) is 10.4. The molecule has 0 bridgehead atoms. The Labute approximate surface area is 83.0 Å². The van der Waals surface area contributed by atoms with Crippen LogP contribution in [0.3, 0.4) is 0 Å². The van der Waals surface area contributed by atoms with Crippen LogP contribution in [0.15, 0.2) is 18.2 Å².